The van der Waals surface area contributed by atoms with Crippen molar-refractivity contribution < 1.29 is 4.21 Å². The molecule has 0 fully saturated rings. The van der Waals surface area contributed by atoms with E-state index in [9.17, 15) is 4.21 Å². The quantitative estimate of drug-likeness (QED) is 0.739. The highest BCUT2D eigenvalue weighted by Crippen LogP contribution is 2.20. The lowest BCUT2D eigenvalue weighted by atomic mass is 10.0. The van der Waals surface area contributed by atoms with E-state index in [4.69, 9.17) is 0 Å². The Morgan fingerprint density at radius 2 is 2.00 bits per heavy atom. The van der Waals surface area contributed by atoms with Gasteiger partial charge in [-0.2, -0.15) is 0 Å². The van der Waals surface area contributed by atoms with Crippen LogP contribution in [0, 0.1) is 13.8 Å². The minimum atomic E-state index is -0.728. The fourth-order valence-corrected chi connectivity index (χ4v) is 3.74. The summed E-state index contributed by atoms with van der Waals surface area (Å²) in [7, 11) is 1.22. The molecule has 108 valence electrons. The van der Waals surface area contributed by atoms with E-state index in [1.54, 1.807) is 0 Å². The van der Waals surface area contributed by atoms with Crippen molar-refractivity contribution >= 4 is 10.8 Å². The Bertz CT molecular complexity index is 417. The lowest BCUT2D eigenvalue weighted by molar-refractivity contribution is 0.630. The van der Waals surface area contributed by atoms with Gasteiger partial charge in [0.15, 0.2) is 0 Å². The Balaban J connectivity index is 2.64. The smallest absolute Gasteiger partial charge is 0.0437 e. The van der Waals surface area contributed by atoms with Gasteiger partial charge < -0.3 is 5.32 Å². The molecule has 2 atom stereocenters. The molecule has 2 nitrogen and oxygen atoms in total. The summed E-state index contributed by atoms with van der Waals surface area (Å²) in [6.45, 7) is 6.41. The van der Waals surface area contributed by atoms with Crippen LogP contribution in [0.2, 0.25) is 0 Å². The van der Waals surface area contributed by atoms with Gasteiger partial charge in [-0.25, -0.2) is 0 Å². The first-order valence-corrected chi connectivity index (χ1v) is 8.66. The molecule has 0 aromatic heterocycles. The van der Waals surface area contributed by atoms with Crippen LogP contribution in [-0.4, -0.2) is 22.8 Å². The third-order valence-electron chi connectivity index (χ3n) is 3.48. The molecule has 0 saturated heterocycles. The zero-order valence-electron chi connectivity index (χ0n) is 12.7. The summed E-state index contributed by atoms with van der Waals surface area (Å²) in [5.41, 5.74) is 3.84. The number of rotatable bonds is 8. The second kappa shape index (κ2) is 8.49. The molecule has 3 heteroatoms. The predicted molar refractivity (Wildman–Crippen MR) is 85.1 cm³/mol. The number of aryl methyl sites for hydroxylation is 2. The first-order chi connectivity index (χ1) is 9.08. The van der Waals surface area contributed by atoms with E-state index in [1.807, 2.05) is 7.05 Å². The Labute approximate surface area is 120 Å². The van der Waals surface area contributed by atoms with Gasteiger partial charge in [0.05, 0.1) is 0 Å². The second-order valence-electron chi connectivity index (χ2n) is 5.22. The van der Waals surface area contributed by atoms with Crippen LogP contribution in [0.3, 0.4) is 0 Å². The third kappa shape index (κ3) is 5.45. The molecule has 1 aromatic carbocycles. The molecular formula is C16H27NOS. The Kier molecular flexibility index (Phi) is 7.32. The summed E-state index contributed by atoms with van der Waals surface area (Å²) in [6.07, 6.45) is 3.44. The van der Waals surface area contributed by atoms with Crippen LogP contribution in [0.15, 0.2) is 18.2 Å². The molecule has 0 amide bonds. The highest BCUT2D eigenvalue weighted by molar-refractivity contribution is 7.85. The summed E-state index contributed by atoms with van der Waals surface area (Å²) in [6, 6.07) is 6.68. The average molecular weight is 281 g/mol. The number of benzene rings is 1. The fourth-order valence-electron chi connectivity index (χ4n) is 2.33. The number of hydrogen-bond donors (Lipinski definition) is 1. The van der Waals surface area contributed by atoms with E-state index < -0.39 is 10.8 Å². The number of hydrogen-bond acceptors (Lipinski definition) is 2. The van der Waals surface area contributed by atoms with Gasteiger partial charge in [0.25, 0.3) is 0 Å². The van der Waals surface area contributed by atoms with Crippen LogP contribution in [0.1, 0.15) is 48.9 Å². The van der Waals surface area contributed by atoms with Gasteiger partial charge in [-0.3, -0.25) is 4.21 Å². The highest BCUT2D eigenvalue weighted by Gasteiger charge is 2.15. The van der Waals surface area contributed by atoms with Crippen molar-refractivity contribution in [2.75, 3.05) is 18.6 Å². The maximum Gasteiger partial charge on any atom is 0.0437 e. The van der Waals surface area contributed by atoms with Crippen LogP contribution in [0.25, 0.3) is 0 Å². The minimum absolute atomic E-state index is 0.197. The van der Waals surface area contributed by atoms with Crippen molar-refractivity contribution in [3.05, 3.63) is 34.9 Å². The van der Waals surface area contributed by atoms with Gasteiger partial charge in [0.2, 0.25) is 0 Å². The minimum Gasteiger partial charge on any atom is -0.312 e. The molecule has 0 saturated carbocycles. The van der Waals surface area contributed by atoms with Crippen molar-refractivity contribution in [1.29, 1.82) is 0 Å². The Hall–Kier alpha value is -0.670. The van der Waals surface area contributed by atoms with Crippen LogP contribution in [-0.2, 0) is 10.8 Å². The van der Waals surface area contributed by atoms with Gasteiger partial charge in [-0.15, -0.1) is 0 Å². The molecule has 0 aliphatic heterocycles. The largest absolute Gasteiger partial charge is 0.312 e. The maximum absolute atomic E-state index is 12.1. The monoisotopic (exact) mass is 281 g/mol. The van der Waals surface area contributed by atoms with Gasteiger partial charge >= 0.3 is 0 Å². The van der Waals surface area contributed by atoms with Crippen LogP contribution >= 0.6 is 0 Å². The van der Waals surface area contributed by atoms with Gasteiger partial charge in [0, 0.05) is 28.3 Å². The highest BCUT2D eigenvalue weighted by atomic mass is 32.2. The standard InChI is InChI=1S/C16H27NOS/c1-5-6-7-10-19(18)12-16(17-4)15-9-8-13(2)11-14(15)3/h8-9,11,16-17H,5-7,10,12H2,1-4H3. The van der Waals surface area contributed by atoms with Crippen molar-refractivity contribution in [3.63, 3.8) is 0 Å². The van der Waals surface area contributed by atoms with Crippen LogP contribution in [0.5, 0.6) is 0 Å². The number of nitrogens with one attached hydrogen (secondary N) is 1. The summed E-state index contributed by atoms with van der Waals surface area (Å²) >= 11 is 0. The average Bonchev–Trinajstić information content (AvgIpc) is 2.37. The zero-order valence-corrected chi connectivity index (χ0v) is 13.5. The van der Waals surface area contributed by atoms with Crippen LogP contribution < -0.4 is 5.32 Å². The fraction of sp³-hybridized carbons (Fsp3) is 0.625. The molecule has 0 radical (unpaired) electrons. The lowest BCUT2D eigenvalue weighted by Crippen LogP contribution is -2.24. The lowest BCUT2D eigenvalue weighted by Gasteiger charge is -2.19. The van der Waals surface area contributed by atoms with Crippen LogP contribution in [0.4, 0.5) is 0 Å². The van der Waals surface area contributed by atoms with Gasteiger partial charge in [-0.1, -0.05) is 43.5 Å². The molecule has 0 aliphatic carbocycles. The summed E-state index contributed by atoms with van der Waals surface area (Å²) < 4.78 is 12.1. The first-order valence-electron chi connectivity index (χ1n) is 7.17. The second-order valence-corrected chi connectivity index (χ2v) is 6.84. The number of unbranched alkanes of at least 4 members (excludes halogenated alkanes) is 2. The van der Waals surface area contributed by atoms with Crippen molar-refractivity contribution in [2.45, 2.75) is 46.1 Å². The topological polar surface area (TPSA) is 29.1 Å². The first kappa shape index (κ1) is 16.4. The molecular weight excluding hydrogens is 254 g/mol. The molecule has 1 N–H and O–H groups in total. The zero-order chi connectivity index (χ0) is 14.3. The van der Waals surface area contributed by atoms with E-state index in [0.29, 0.717) is 5.75 Å². The van der Waals surface area contributed by atoms with E-state index in [2.05, 4.69) is 44.3 Å². The summed E-state index contributed by atoms with van der Waals surface area (Å²) in [4.78, 5) is 0. The van der Waals surface area contributed by atoms with Crippen molar-refractivity contribution in [3.8, 4) is 0 Å². The third-order valence-corrected chi connectivity index (χ3v) is 4.93. The van der Waals surface area contributed by atoms with E-state index in [1.165, 1.54) is 29.5 Å². The van der Waals surface area contributed by atoms with E-state index >= 15 is 0 Å². The molecule has 19 heavy (non-hydrogen) atoms. The molecule has 1 rings (SSSR count). The maximum atomic E-state index is 12.1. The summed E-state index contributed by atoms with van der Waals surface area (Å²) in [5.74, 6) is 1.54. The predicted octanol–water partition coefficient (Wildman–Crippen LogP) is 3.50. The molecule has 2 unspecified atom stereocenters. The molecule has 1 aromatic rings. The molecule has 0 heterocycles. The van der Waals surface area contributed by atoms with Crippen molar-refractivity contribution in [1.82, 2.24) is 5.32 Å². The van der Waals surface area contributed by atoms with Crippen molar-refractivity contribution in [2.24, 2.45) is 0 Å². The molecule has 0 aliphatic rings. The van der Waals surface area contributed by atoms with Gasteiger partial charge in [0.1, 0.15) is 0 Å². The SMILES string of the molecule is CCCCCS(=O)CC(NC)c1ccc(C)cc1C. The molecule has 0 bridgehead atoms. The van der Waals surface area contributed by atoms with E-state index in [-0.39, 0.29) is 6.04 Å². The Morgan fingerprint density at radius 1 is 1.26 bits per heavy atom. The Morgan fingerprint density at radius 3 is 2.58 bits per heavy atom. The van der Waals surface area contributed by atoms with Gasteiger partial charge in [-0.05, 0) is 38.4 Å². The van der Waals surface area contributed by atoms with E-state index in [0.717, 1.165) is 12.2 Å². The summed E-state index contributed by atoms with van der Waals surface area (Å²) in [5, 5.41) is 3.31. The normalized spacial score (nSPS) is 14.3. The molecule has 0 spiro atoms.